The molecular formula is C24H34N4OS. The summed E-state index contributed by atoms with van der Waals surface area (Å²) in [7, 11) is -1.63. The van der Waals surface area contributed by atoms with Gasteiger partial charge in [-0.25, -0.2) is 4.21 Å². The summed E-state index contributed by atoms with van der Waals surface area (Å²) in [6, 6.07) is 18.6. The zero-order valence-corrected chi connectivity index (χ0v) is 19.3. The molecule has 6 N–H and O–H groups in total. The molecule has 162 valence electrons. The fourth-order valence-corrected chi connectivity index (χ4v) is 3.89. The molecule has 0 aliphatic carbocycles. The SMILES string of the molecule is CC.CC.CC(N)CNc1ccc(N)c(C(=N)S(=O)c2cccc3ccccc23)c1. The Kier molecular flexibility index (Phi) is 10.8. The Hall–Kier alpha value is -2.70. The van der Waals surface area contributed by atoms with Crippen molar-refractivity contribution in [2.24, 2.45) is 5.73 Å². The molecule has 0 amide bonds. The number of hydrogen-bond donors (Lipinski definition) is 4. The van der Waals surface area contributed by atoms with Crippen LogP contribution >= 0.6 is 0 Å². The van der Waals surface area contributed by atoms with Gasteiger partial charge in [-0.1, -0.05) is 64.1 Å². The first-order valence-corrected chi connectivity index (χ1v) is 11.5. The third-order valence-electron chi connectivity index (χ3n) is 4.06. The molecule has 0 heterocycles. The number of nitrogens with one attached hydrogen (secondary N) is 2. The molecule has 0 saturated heterocycles. The molecule has 0 bridgehead atoms. The van der Waals surface area contributed by atoms with E-state index in [1.807, 2.05) is 77.1 Å². The number of nitrogen functional groups attached to an aromatic ring is 1. The zero-order valence-electron chi connectivity index (χ0n) is 18.5. The molecule has 0 saturated carbocycles. The van der Waals surface area contributed by atoms with Crippen molar-refractivity contribution in [1.29, 1.82) is 5.41 Å². The Morgan fingerprint density at radius 2 is 1.67 bits per heavy atom. The van der Waals surface area contributed by atoms with Crippen LogP contribution in [-0.2, 0) is 10.8 Å². The first-order chi connectivity index (χ1) is 14.5. The van der Waals surface area contributed by atoms with Crippen molar-refractivity contribution < 1.29 is 4.21 Å². The van der Waals surface area contributed by atoms with Crippen LogP contribution < -0.4 is 16.8 Å². The van der Waals surface area contributed by atoms with E-state index in [1.165, 1.54) is 0 Å². The average Bonchev–Trinajstić information content (AvgIpc) is 2.79. The van der Waals surface area contributed by atoms with Gasteiger partial charge in [-0.2, -0.15) is 0 Å². The smallest absolute Gasteiger partial charge is 0.133 e. The van der Waals surface area contributed by atoms with Crippen molar-refractivity contribution in [2.45, 2.75) is 45.6 Å². The van der Waals surface area contributed by atoms with Gasteiger partial charge < -0.3 is 16.8 Å². The van der Waals surface area contributed by atoms with E-state index in [0.717, 1.165) is 16.5 Å². The van der Waals surface area contributed by atoms with Gasteiger partial charge in [0.25, 0.3) is 0 Å². The fourth-order valence-electron chi connectivity index (χ4n) is 2.71. The van der Waals surface area contributed by atoms with Gasteiger partial charge in [-0.05, 0) is 42.0 Å². The lowest BCUT2D eigenvalue weighted by atomic mass is 10.1. The van der Waals surface area contributed by atoms with E-state index >= 15 is 0 Å². The third kappa shape index (κ3) is 6.40. The molecule has 2 unspecified atom stereocenters. The summed E-state index contributed by atoms with van der Waals surface area (Å²) in [5.74, 6) is 0. The monoisotopic (exact) mass is 426 g/mol. The van der Waals surface area contributed by atoms with Crippen molar-refractivity contribution >= 4 is 38.0 Å². The highest BCUT2D eigenvalue weighted by atomic mass is 32.2. The molecule has 2 atom stereocenters. The first kappa shape index (κ1) is 25.3. The molecule has 0 radical (unpaired) electrons. The Bertz CT molecular complexity index is 981. The first-order valence-electron chi connectivity index (χ1n) is 10.3. The normalized spacial score (nSPS) is 11.9. The third-order valence-corrected chi connectivity index (χ3v) is 5.41. The second kappa shape index (κ2) is 12.8. The number of fused-ring (bicyclic) bond motifs is 1. The lowest BCUT2D eigenvalue weighted by Gasteiger charge is -2.13. The van der Waals surface area contributed by atoms with Crippen LogP contribution in [0.4, 0.5) is 11.4 Å². The summed E-state index contributed by atoms with van der Waals surface area (Å²) in [5, 5.41) is 13.5. The van der Waals surface area contributed by atoms with Crippen LogP contribution in [0.3, 0.4) is 0 Å². The lowest BCUT2D eigenvalue weighted by molar-refractivity contribution is 0.690. The fraction of sp³-hybridized carbons (Fsp3) is 0.292. The molecule has 3 aromatic carbocycles. The van der Waals surface area contributed by atoms with Crippen LogP contribution in [0.1, 0.15) is 40.2 Å². The van der Waals surface area contributed by atoms with Gasteiger partial charge in [-0.3, -0.25) is 5.41 Å². The quantitative estimate of drug-likeness (QED) is 0.250. The van der Waals surface area contributed by atoms with Gasteiger partial charge in [0.2, 0.25) is 0 Å². The van der Waals surface area contributed by atoms with Crippen LogP contribution in [0.2, 0.25) is 0 Å². The van der Waals surface area contributed by atoms with Crippen molar-refractivity contribution in [3.8, 4) is 0 Å². The summed E-state index contributed by atoms with van der Waals surface area (Å²) in [6.45, 7) is 10.5. The lowest BCUT2D eigenvalue weighted by Crippen LogP contribution is -2.25. The van der Waals surface area contributed by atoms with Crippen molar-refractivity contribution in [2.75, 3.05) is 17.6 Å². The van der Waals surface area contributed by atoms with E-state index in [2.05, 4.69) is 5.32 Å². The molecule has 30 heavy (non-hydrogen) atoms. The number of anilines is 2. The predicted octanol–water partition coefficient (Wildman–Crippen LogP) is 5.37. The van der Waals surface area contributed by atoms with Gasteiger partial charge >= 0.3 is 0 Å². The van der Waals surface area contributed by atoms with Crippen LogP contribution in [-0.4, -0.2) is 21.8 Å². The number of hydrogen-bond acceptors (Lipinski definition) is 5. The van der Waals surface area contributed by atoms with Crippen LogP contribution in [0.25, 0.3) is 10.8 Å². The Balaban J connectivity index is 0.00000106. The second-order valence-electron chi connectivity index (χ2n) is 6.24. The van der Waals surface area contributed by atoms with Gasteiger partial charge in [0.05, 0.1) is 4.90 Å². The van der Waals surface area contributed by atoms with Gasteiger partial charge in [0, 0.05) is 29.5 Å². The largest absolute Gasteiger partial charge is 0.398 e. The van der Waals surface area contributed by atoms with E-state index in [1.54, 1.807) is 18.2 Å². The highest BCUT2D eigenvalue weighted by molar-refractivity contribution is 8.01. The summed E-state index contributed by atoms with van der Waals surface area (Å²) in [4.78, 5) is 0.612. The molecule has 0 spiro atoms. The van der Waals surface area contributed by atoms with Crippen LogP contribution in [0, 0.1) is 5.41 Å². The number of nitrogens with two attached hydrogens (primary N) is 2. The van der Waals surface area contributed by atoms with Crippen molar-refractivity contribution in [3.63, 3.8) is 0 Å². The highest BCUT2D eigenvalue weighted by Gasteiger charge is 2.18. The molecule has 0 aliphatic heterocycles. The minimum absolute atomic E-state index is 0.000250. The van der Waals surface area contributed by atoms with E-state index in [4.69, 9.17) is 16.9 Å². The van der Waals surface area contributed by atoms with E-state index in [9.17, 15) is 4.21 Å². The van der Waals surface area contributed by atoms with E-state index < -0.39 is 10.8 Å². The molecule has 0 aliphatic rings. The standard InChI is InChI=1S/C20H22N4OS.2C2H6/c1-13(21)12-24-15-9-10-18(22)17(11-15)20(23)26(25)19-8-4-6-14-5-2-3-7-16(14)19;2*1-2/h2-11,13,23-24H,12,21-22H2,1H3;2*1-2H3. The molecular weight excluding hydrogens is 392 g/mol. The minimum Gasteiger partial charge on any atom is -0.398 e. The molecule has 3 aromatic rings. The molecule has 5 nitrogen and oxygen atoms in total. The van der Waals surface area contributed by atoms with Gasteiger partial charge in [0.15, 0.2) is 0 Å². The highest BCUT2D eigenvalue weighted by Crippen LogP contribution is 2.26. The van der Waals surface area contributed by atoms with Gasteiger partial charge in [0.1, 0.15) is 15.8 Å². The van der Waals surface area contributed by atoms with Gasteiger partial charge in [-0.15, -0.1) is 0 Å². The summed E-state index contributed by atoms with van der Waals surface area (Å²) in [6.07, 6.45) is 0. The Labute approximate surface area is 182 Å². The maximum absolute atomic E-state index is 13.1. The van der Waals surface area contributed by atoms with Crippen molar-refractivity contribution in [1.82, 2.24) is 0 Å². The summed E-state index contributed by atoms with van der Waals surface area (Å²) >= 11 is 0. The molecule has 0 fully saturated rings. The molecule has 3 rings (SSSR count). The maximum atomic E-state index is 13.1. The van der Waals surface area contributed by atoms with Crippen molar-refractivity contribution in [3.05, 3.63) is 66.2 Å². The van der Waals surface area contributed by atoms with E-state index in [0.29, 0.717) is 22.7 Å². The minimum atomic E-state index is -1.63. The number of rotatable bonds is 5. The van der Waals surface area contributed by atoms with Crippen LogP contribution in [0.15, 0.2) is 65.6 Å². The average molecular weight is 427 g/mol. The Morgan fingerprint density at radius 1 is 1.03 bits per heavy atom. The van der Waals surface area contributed by atoms with E-state index in [-0.39, 0.29) is 11.1 Å². The summed E-state index contributed by atoms with van der Waals surface area (Å²) < 4.78 is 13.1. The topological polar surface area (TPSA) is 105 Å². The molecule has 6 heteroatoms. The maximum Gasteiger partial charge on any atom is 0.133 e. The van der Waals surface area contributed by atoms with Crippen LogP contribution in [0.5, 0.6) is 0 Å². The second-order valence-corrected chi connectivity index (χ2v) is 7.62. The molecule has 0 aromatic heterocycles. The Morgan fingerprint density at radius 3 is 2.33 bits per heavy atom. The zero-order chi connectivity index (χ0) is 22.7. The summed E-state index contributed by atoms with van der Waals surface area (Å²) in [5.41, 5.74) is 13.5. The number of benzene rings is 3. The predicted molar refractivity (Wildman–Crippen MR) is 133 cm³/mol.